The average molecular weight is 476 g/mol. The van der Waals surface area contributed by atoms with Crippen molar-refractivity contribution in [3.63, 3.8) is 0 Å². The van der Waals surface area contributed by atoms with E-state index in [9.17, 15) is 9.65 Å². The first-order valence-corrected chi connectivity index (χ1v) is 12.5. The third kappa shape index (κ3) is 3.99. The first kappa shape index (κ1) is 22.3. The van der Waals surface area contributed by atoms with Crippen molar-refractivity contribution >= 4 is 33.8 Å². The van der Waals surface area contributed by atoms with Crippen LogP contribution < -0.4 is 9.80 Å². The molecule has 1 fully saturated rings. The Labute approximate surface area is 202 Å². The summed E-state index contributed by atoms with van der Waals surface area (Å²) in [6.07, 6.45) is 8.44. The number of halogens is 1. The number of thiazole rings is 1. The molecule has 0 bridgehead atoms. The Morgan fingerprint density at radius 1 is 1.12 bits per heavy atom. The van der Waals surface area contributed by atoms with Crippen molar-refractivity contribution < 1.29 is 4.39 Å². The van der Waals surface area contributed by atoms with Crippen LogP contribution in [0.15, 0.2) is 36.7 Å². The Morgan fingerprint density at radius 3 is 2.56 bits per heavy atom. The Balaban J connectivity index is 1.61. The highest BCUT2D eigenvalue weighted by molar-refractivity contribution is 7.16. The van der Waals surface area contributed by atoms with Gasteiger partial charge in [-0.25, -0.2) is 19.3 Å². The zero-order valence-electron chi connectivity index (χ0n) is 19.3. The van der Waals surface area contributed by atoms with Crippen LogP contribution in [0, 0.1) is 17.1 Å². The molecule has 1 aliphatic heterocycles. The lowest BCUT2D eigenvalue weighted by Crippen LogP contribution is -2.29. The van der Waals surface area contributed by atoms with Crippen molar-refractivity contribution in [3.8, 4) is 17.3 Å². The van der Waals surface area contributed by atoms with Gasteiger partial charge in [-0.05, 0) is 56.9 Å². The molecule has 4 heterocycles. The fraction of sp³-hybridized carbons (Fsp3) is 0.360. The molecule has 5 rings (SSSR count). The molecular formula is C25H26FN7S. The molecule has 0 radical (unpaired) electrons. The number of imidazole rings is 1. The fourth-order valence-corrected chi connectivity index (χ4v) is 5.43. The van der Waals surface area contributed by atoms with Crippen LogP contribution in [0.3, 0.4) is 0 Å². The standard InChI is InChI=1S/C25H26FN7S/c1-3-20-23(33-16-19(15-28-24(33)29-20)31-12-6-5-7-13-31)32(4-2)25-30-22(21(14-27)34-25)17-8-10-18(26)11-9-17/h8-11,15-16H,3-7,12-13H2,1-2H3. The molecule has 0 atom stereocenters. The number of benzene rings is 1. The van der Waals surface area contributed by atoms with Gasteiger partial charge in [0, 0.05) is 31.4 Å². The van der Waals surface area contributed by atoms with Crippen LogP contribution in [-0.4, -0.2) is 39.0 Å². The van der Waals surface area contributed by atoms with Gasteiger partial charge in [0.25, 0.3) is 0 Å². The van der Waals surface area contributed by atoms with E-state index < -0.39 is 0 Å². The van der Waals surface area contributed by atoms with Gasteiger partial charge in [0.2, 0.25) is 5.78 Å². The Morgan fingerprint density at radius 2 is 1.88 bits per heavy atom. The smallest absolute Gasteiger partial charge is 0.235 e. The van der Waals surface area contributed by atoms with Crippen LogP contribution in [0.4, 0.5) is 21.0 Å². The first-order valence-electron chi connectivity index (χ1n) is 11.7. The second-order valence-electron chi connectivity index (χ2n) is 8.30. The first-order chi connectivity index (χ1) is 16.6. The topological polar surface area (TPSA) is 73.4 Å². The van der Waals surface area contributed by atoms with Gasteiger partial charge >= 0.3 is 0 Å². The maximum atomic E-state index is 13.4. The van der Waals surface area contributed by atoms with Crippen LogP contribution >= 0.6 is 11.3 Å². The van der Waals surface area contributed by atoms with Crippen LogP contribution in [-0.2, 0) is 6.42 Å². The highest BCUT2D eigenvalue weighted by Gasteiger charge is 2.24. The molecule has 9 heteroatoms. The SMILES string of the molecule is CCc1nc2ncc(N3CCCCC3)cn2c1N(CC)c1nc(-c2ccc(F)cc2)c(C#N)s1. The Kier molecular flexibility index (Phi) is 6.16. The maximum absolute atomic E-state index is 13.4. The summed E-state index contributed by atoms with van der Waals surface area (Å²) >= 11 is 1.34. The number of hydrogen-bond acceptors (Lipinski definition) is 7. The highest BCUT2D eigenvalue weighted by atomic mass is 32.1. The summed E-state index contributed by atoms with van der Waals surface area (Å²) in [5, 5.41) is 10.5. The van der Waals surface area contributed by atoms with E-state index in [-0.39, 0.29) is 5.82 Å². The van der Waals surface area contributed by atoms with Gasteiger partial charge in [-0.3, -0.25) is 4.40 Å². The predicted molar refractivity (Wildman–Crippen MR) is 133 cm³/mol. The zero-order valence-corrected chi connectivity index (χ0v) is 20.1. The summed E-state index contributed by atoms with van der Waals surface area (Å²) in [7, 11) is 0. The molecule has 4 aromatic rings. The van der Waals surface area contributed by atoms with E-state index in [4.69, 9.17) is 9.97 Å². The molecule has 1 aromatic carbocycles. The number of aryl methyl sites for hydroxylation is 1. The van der Waals surface area contributed by atoms with E-state index in [1.807, 2.05) is 6.20 Å². The molecule has 0 N–H and O–H groups in total. The molecule has 174 valence electrons. The van der Waals surface area contributed by atoms with E-state index in [2.05, 4.69) is 45.3 Å². The molecule has 1 saturated heterocycles. The van der Waals surface area contributed by atoms with Crippen molar-refractivity contribution in [2.75, 3.05) is 29.4 Å². The molecule has 0 amide bonds. The van der Waals surface area contributed by atoms with Gasteiger partial charge < -0.3 is 9.80 Å². The minimum atomic E-state index is -0.316. The van der Waals surface area contributed by atoms with Gasteiger partial charge in [-0.1, -0.05) is 18.3 Å². The number of hydrogen-bond donors (Lipinski definition) is 0. The van der Waals surface area contributed by atoms with Crippen molar-refractivity contribution in [1.82, 2.24) is 19.4 Å². The van der Waals surface area contributed by atoms with E-state index in [1.165, 1.54) is 42.7 Å². The van der Waals surface area contributed by atoms with Crippen molar-refractivity contribution in [3.05, 3.63) is 53.0 Å². The number of aromatic nitrogens is 4. The average Bonchev–Trinajstić information content (AvgIpc) is 3.47. The molecule has 1 aliphatic rings. The summed E-state index contributed by atoms with van der Waals surface area (Å²) in [6, 6.07) is 8.36. The quantitative estimate of drug-likeness (QED) is 0.363. The third-order valence-electron chi connectivity index (χ3n) is 6.20. The second-order valence-corrected chi connectivity index (χ2v) is 9.28. The van der Waals surface area contributed by atoms with Gasteiger partial charge in [0.05, 0.1) is 17.6 Å². The molecule has 34 heavy (non-hydrogen) atoms. The molecule has 0 saturated carbocycles. The molecule has 0 spiro atoms. The number of piperidine rings is 1. The summed E-state index contributed by atoms with van der Waals surface area (Å²) in [5.74, 6) is 1.26. The van der Waals surface area contributed by atoms with Crippen molar-refractivity contribution in [1.29, 1.82) is 5.26 Å². The number of fused-ring (bicyclic) bond motifs is 1. The normalized spacial score (nSPS) is 13.9. The van der Waals surface area contributed by atoms with Gasteiger partial charge in [0.1, 0.15) is 28.3 Å². The molecular weight excluding hydrogens is 449 g/mol. The number of nitriles is 1. The summed E-state index contributed by atoms with van der Waals surface area (Å²) < 4.78 is 15.5. The summed E-state index contributed by atoms with van der Waals surface area (Å²) in [6.45, 7) is 6.86. The lowest BCUT2D eigenvalue weighted by Gasteiger charge is -2.28. The van der Waals surface area contributed by atoms with E-state index in [1.54, 1.807) is 12.1 Å². The maximum Gasteiger partial charge on any atom is 0.235 e. The van der Waals surface area contributed by atoms with E-state index >= 15 is 0 Å². The Bertz CT molecular complexity index is 1350. The molecule has 0 unspecified atom stereocenters. The van der Waals surface area contributed by atoms with Gasteiger partial charge in [-0.15, -0.1) is 0 Å². The number of anilines is 3. The third-order valence-corrected chi connectivity index (χ3v) is 7.19. The summed E-state index contributed by atoms with van der Waals surface area (Å²) in [4.78, 5) is 19.3. The largest absolute Gasteiger partial charge is 0.369 e. The van der Waals surface area contributed by atoms with Gasteiger partial charge in [-0.2, -0.15) is 5.26 Å². The monoisotopic (exact) mass is 475 g/mol. The van der Waals surface area contributed by atoms with Crippen LogP contribution in [0.1, 0.15) is 43.7 Å². The molecule has 3 aromatic heterocycles. The number of nitrogens with zero attached hydrogens (tertiary/aromatic N) is 7. The highest BCUT2D eigenvalue weighted by Crippen LogP contribution is 2.37. The lowest BCUT2D eigenvalue weighted by molar-refractivity contribution is 0.576. The zero-order chi connectivity index (χ0) is 23.7. The predicted octanol–water partition coefficient (Wildman–Crippen LogP) is 5.57. The van der Waals surface area contributed by atoms with Crippen LogP contribution in [0.5, 0.6) is 0 Å². The van der Waals surface area contributed by atoms with Crippen LogP contribution in [0.25, 0.3) is 17.0 Å². The Hall–Kier alpha value is -3.51. The van der Waals surface area contributed by atoms with Gasteiger partial charge in [0.15, 0.2) is 5.13 Å². The second kappa shape index (κ2) is 9.39. The van der Waals surface area contributed by atoms with Crippen molar-refractivity contribution in [2.45, 2.75) is 39.5 Å². The van der Waals surface area contributed by atoms with Crippen LogP contribution in [0.2, 0.25) is 0 Å². The van der Waals surface area contributed by atoms with E-state index in [0.29, 0.717) is 28.0 Å². The fourth-order valence-electron chi connectivity index (χ4n) is 4.48. The van der Waals surface area contributed by atoms with Crippen molar-refractivity contribution in [2.24, 2.45) is 0 Å². The molecule has 7 nitrogen and oxygen atoms in total. The minimum Gasteiger partial charge on any atom is -0.369 e. The molecule has 0 aliphatic carbocycles. The summed E-state index contributed by atoms with van der Waals surface area (Å²) in [5.41, 5.74) is 3.31. The lowest BCUT2D eigenvalue weighted by atomic mass is 10.1. The minimum absolute atomic E-state index is 0.316. The number of rotatable bonds is 6. The van der Waals surface area contributed by atoms with E-state index in [0.717, 1.165) is 42.3 Å².